The predicted molar refractivity (Wildman–Crippen MR) is 84.1 cm³/mol. The van der Waals surface area contributed by atoms with Crippen LogP contribution < -0.4 is 5.32 Å². The molecule has 1 aromatic carbocycles. The molecule has 21 heavy (non-hydrogen) atoms. The Balaban J connectivity index is 2.14. The molecule has 0 spiro atoms. The van der Waals surface area contributed by atoms with Gasteiger partial charge in [0, 0.05) is 18.0 Å². The maximum absolute atomic E-state index is 12.5. The quantitative estimate of drug-likeness (QED) is 0.839. The first kappa shape index (κ1) is 15.6. The normalized spacial score (nSPS) is 15.1. The van der Waals surface area contributed by atoms with Crippen LogP contribution in [0, 0.1) is 18.8 Å². The summed E-state index contributed by atoms with van der Waals surface area (Å²) >= 11 is 0. The van der Waals surface area contributed by atoms with Crippen molar-refractivity contribution in [1.82, 2.24) is 5.32 Å². The van der Waals surface area contributed by atoms with Gasteiger partial charge in [0.15, 0.2) is 0 Å². The summed E-state index contributed by atoms with van der Waals surface area (Å²) in [5, 5.41) is 11.9. The number of carbonyl (C=O) groups is 1. The van der Waals surface area contributed by atoms with E-state index in [-0.39, 0.29) is 12.5 Å². The fourth-order valence-corrected chi connectivity index (χ4v) is 2.68. The summed E-state index contributed by atoms with van der Waals surface area (Å²) in [5.74, 6) is 5.85. The van der Waals surface area contributed by atoms with Gasteiger partial charge in [-0.3, -0.25) is 4.79 Å². The number of aryl methyl sites for hydroxylation is 1. The summed E-state index contributed by atoms with van der Waals surface area (Å²) in [6.45, 7) is 2.02. The zero-order valence-corrected chi connectivity index (χ0v) is 12.6. The molecule has 1 saturated carbocycles. The highest BCUT2D eigenvalue weighted by molar-refractivity contribution is 5.97. The Bertz CT molecular complexity index is 548. The van der Waals surface area contributed by atoms with Crippen LogP contribution in [-0.4, -0.2) is 23.7 Å². The predicted octanol–water partition coefficient (Wildman–Crippen LogP) is 2.79. The second-order valence-corrected chi connectivity index (χ2v) is 5.63. The largest absolute Gasteiger partial charge is 0.395 e. The van der Waals surface area contributed by atoms with Gasteiger partial charge < -0.3 is 10.4 Å². The lowest BCUT2D eigenvalue weighted by Crippen LogP contribution is -2.36. The molecule has 112 valence electrons. The first-order valence-corrected chi connectivity index (χ1v) is 7.72. The summed E-state index contributed by atoms with van der Waals surface area (Å²) in [6.07, 6.45) is 6.24. The Labute approximate surface area is 126 Å². The van der Waals surface area contributed by atoms with Crippen molar-refractivity contribution in [3.05, 3.63) is 34.9 Å². The van der Waals surface area contributed by atoms with Gasteiger partial charge in [0.05, 0.1) is 12.2 Å². The lowest BCUT2D eigenvalue weighted by Gasteiger charge is -2.23. The summed E-state index contributed by atoms with van der Waals surface area (Å²) in [5.41, 5.74) is 2.44. The van der Waals surface area contributed by atoms with Gasteiger partial charge in [0.25, 0.3) is 5.91 Å². The maximum atomic E-state index is 12.5. The Morgan fingerprint density at radius 2 is 2.10 bits per heavy atom. The van der Waals surface area contributed by atoms with Crippen LogP contribution in [0.2, 0.25) is 0 Å². The zero-order valence-electron chi connectivity index (χ0n) is 12.6. The van der Waals surface area contributed by atoms with Crippen LogP contribution in [0.25, 0.3) is 0 Å². The van der Waals surface area contributed by atoms with Crippen molar-refractivity contribution in [2.24, 2.45) is 0 Å². The Morgan fingerprint density at radius 3 is 2.81 bits per heavy atom. The van der Waals surface area contributed by atoms with Gasteiger partial charge in [-0.15, -0.1) is 0 Å². The van der Waals surface area contributed by atoms with E-state index in [0.29, 0.717) is 18.0 Å². The second-order valence-electron chi connectivity index (χ2n) is 5.63. The van der Waals surface area contributed by atoms with E-state index < -0.39 is 0 Å². The van der Waals surface area contributed by atoms with Gasteiger partial charge >= 0.3 is 0 Å². The number of nitrogens with one attached hydrogen (secondary N) is 1. The maximum Gasteiger partial charge on any atom is 0.252 e. The molecule has 0 aliphatic heterocycles. The van der Waals surface area contributed by atoms with Crippen molar-refractivity contribution in [2.45, 2.75) is 51.5 Å². The first-order valence-electron chi connectivity index (χ1n) is 7.72. The van der Waals surface area contributed by atoms with Crippen molar-refractivity contribution in [1.29, 1.82) is 0 Å². The number of carbonyl (C=O) groups excluding carboxylic acids is 1. The third-order valence-corrected chi connectivity index (χ3v) is 3.82. The molecule has 0 atom stereocenters. The fourth-order valence-electron chi connectivity index (χ4n) is 2.68. The standard InChI is InChI=1S/C18H23NO2/c1-14-10-11-15(7-5-6-12-20)17(13-14)18(21)19-16-8-3-2-4-9-16/h10-11,13,16,20H,2-4,6,8-9,12H2,1H3,(H,19,21). The van der Waals surface area contributed by atoms with E-state index in [0.717, 1.165) is 24.0 Å². The molecule has 0 heterocycles. The molecule has 0 aromatic heterocycles. The highest BCUT2D eigenvalue weighted by Crippen LogP contribution is 2.18. The van der Waals surface area contributed by atoms with E-state index in [4.69, 9.17) is 5.11 Å². The molecule has 2 rings (SSSR count). The number of hydrogen-bond donors (Lipinski definition) is 2. The molecule has 0 unspecified atom stereocenters. The van der Waals surface area contributed by atoms with Crippen LogP contribution >= 0.6 is 0 Å². The molecule has 2 N–H and O–H groups in total. The van der Waals surface area contributed by atoms with Crippen LogP contribution in [0.15, 0.2) is 18.2 Å². The number of benzene rings is 1. The second kappa shape index (κ2) is 7.85. The van der Waals surface area contributed by atoms with Crippen LogP contribution in [-0.2, 0) is 0 Å². The molecular formula is C18H23NO2. The van der Waals surface area contributed by atoms with Crippen LogP contribution in [0.1, 0.15) is 60.0 Å². The SMILES string of the molecule is Cc1ccc(C#CCCO)c(C(=O)NC2CCCCC2)c1. The van der Waals surface area contributed by atoms with Crippen LogP contribution in [0.5, 0.6) is 0 Å². The van der Waals surface area contributed by atoms with Crippen molar-refractivity contribution < 1.29 is 9.90 Å². The average molecular weight is 285 g/mol. The van der Waals surface area contributed by atoms with E-state index in [9.17, 15) is 4.79 Å². The van der Waals surface area contributed by atoms with Gasteiger partial charge in [0.1, 0.15) is 0 Å². The summed E-state index contributed by atoms with van der Waals surface area (Å²) in [4.78, 5) is 12.5. The third kappa shape index (κ3) is 4.61. The molecule has 1 aromatic rings. The molecule has 1 amide bonds. The third-order valence-electron chi connectivity index (χ3n) is 3.82. The van der Waals surface area contributed by atoms with E-state index >= 15 is 0 Å². The smallest absolute Gasteiger partial charge is 0.252 e. The highest BCUT2D eigenvalue weighted by Gasteiger charge is 2.18. The average Bonchev–Trinajstić information content (AvgIpc) is 2.50. The Hall–Kier alpha value is -1.79. The lowest BCUT2D eigenvalue weighted by molar-refractivity contribution is 0.0927. The number of aliphatic hydroxyl groups is 1. The fraction of sp³-hybridized carbons (Fsp3) is 0.500. The van der Waals surface area contributed by atoms with Crippen LogP contribution in [0.4, 0.5) is 0 Å². The Kier molecular flexibility index (Phi) is 5.83. The molecular weight excluding hydrogens is 262 g/mol. The first-order chi connectivity index (χ1) is 10.2. The monoisotopic (exact) mass is 285 g/mol. The molecule has 1 fully saturated rings. The number of hydrogen-bond acceptors (Lipinski definition) is 2. The molecule has 0 bridgehead atoms. The van der Waals surface area contributed by atoms with E-state index in [1.54, 1.807) is 0 Å². The summed E-state index contributed by atoms with van der Waals surface area (Å²) < 4.78 is 0. The van der Waals surface area contributed by atoms with Gasteiger partial charge in [-0.1, -0.05) is 42.7 Å². The van der Waals surface area contributed by atoms with E-state index in [1.165, 1.54) is 19.3 Å². The van der Waals surface area contributed by atoms with Gasteiger partial charge in [-0.2, -0.15) is 0 Å². The molecule has 1 aliphatic rings. The van der Waals surface area contributed by atoms with Gasteiger partial charge in [-0.05, 0) is 31.9 Å². The van der Waals surface area contributed by atoms with Gasteiger partial charge in [0.2, 0.25) is 0 Å². The molecule has 0 saturated heterocycles. The van der Waals surface area contributed by atoms with Crippen molar-refractivity contribution >= 4 is 5.91 Å². The van der Waals surface area contributed by atoms with Crippen molar-refractivity contribution in [3.63, 3.8) is 0 Å². The summed E-state index contributed by atoms with van der Waals surface area (Å²) in [6, 6.07) is 6.03. The molecule has 3 nitrogen and oxygen atoms in total. The molecule has 0 radical (unpaired) electrons. The molecule has 3 heteroatoms. The zero-order chi connectivity index (χ0) is 15.1. The molecule has 1 aliphatic carbocycles. The highest BCUT2D eigenvalue weighted by atomic mass is 16.2. The lowest BCUT2D eigenvalue weighted by atomic mass is 9.95. The minimum atomic E-state index is -0.0288. The number of amides is 1. The number of aliphatic hydroxyl groups excluding tert-OH is 1. The summed E-state index contributed by atoms with van der Waals surface area (Å²) in [7, 11) is 0. The van der Waals surface area contributed by atoms with Crippen LogP contribution in [0.3, 0.4) is 0 Å². The Morgan fingerprint density at radius 1 is 1.33 bits per heavy atom. The van der Waals surface area contributed by atoms with Crippen molar-refractivity contribution in [3.8, 4) is 11.8 Å². The minimum absolute atomic E-state index is 0.0288. The topological polar surface area (TPSA) is 49.3 Å². The minimum Gasteiger partial charge on any atom is -0.395 e. The van der Waals surface area contributed by atoms with E-state index in [2.05, 4.69) is 17.2 Å². The van der Waals surface area contributed by atoms with Gasteiger partial charge in [-0.25, -0.2) is 0 Å². The van der Waals surface area contributed by atoms with Crippen molar-refractivity contribution in [2.75, 3.05) is 6.61 Å². The van der Waals surface area contributed by atoms with E-state index in [1.807, 2.05) is 25.1 Å². The number of rotatable bonds is 3.